The number of amides is 1. The molecular formula is C20H20N4O2S. The Morgan fingerprint density at radius 1 is 1.19 bits per heavy atom. The fraction of sp³-hybridized carbons (Fsp3) is 0.250. The van der Waals surface area contributed by atoms with Crippen molar-refractivity contribution in [1.29, 1.82) is 0 Å². The minimum absolute atomic E-state index is 0.0647. The molecular weight excluding hydrogens is 360 g/mol. The fourth-order valence-electron chi connectivity index (χ4n) is 2.96. The summed E-state index contributed by atoms with van der Waals surface area (Å²) in [5.74, 6) is 0.870. The highest BCUT2D eigenvalue weighted by atomic mass is 32.2. The zero-order chi connectivity index (χ0) is 18.6. The van der Waals surface area contributed by atoms with Crippen LogP contribution in [0.2, 0.25) is 0 Å². The van der Waals surface area contributed by atoms with Gasteiger partial charge in [-0.1, -0.05) is 29.5 Å². The summed E-state index contributed by atoms with van der Waals surface area (Å²) in [5.41, 5.74) is 1.51. The first-order valence-corrected chi connectivity index (χ1v) is 9.97. The molecule has 4 rings (SSSR count). The normalized spacial score (nSPS) is 14.0. The third-order valence-electron chi connectivity index (χ3n) is 4.53. The van der Waals surface area contributed by atoms with E-state index in [1.54, 1.807) is 11.8 Å². The molecule has 2 heterocycles. The minimum atomic E-state index is 0.0647. The molecule has 0 radical (unpaired) electrons. The van der Waals surface area contributed by atoms with Crippen LogP contribution < -0.4 is 4.74 Å². The molecule has 2 aromatic carbocycles. The Bertz CT molecular complexity index is 922. The average molecular weight is 380 g/mol. The molecule has 1 amide bonds. The zero-order valence-corrected chi connectivity index (χ0v) is 15.8. The van der Waals surface area contributed by atoms with Crippen molar-refractivity contribution in [3.63, 3.8) is 0 Å². The number of rotatable bonds is 6. The molecule has 0 aliphatic carbocycles. The first-order valence-electron chi connectivity index (χ1n) is 8.75. The number of para-hydroxylation sites is 1. The third-order valence-corrected chi connectivity index (χ3v) is 5.25. The van der Waals surface area contributed by atoms with Gasteiger partial charge in [-0.25, -0.2) is 4.68 Å². The van der Waals surface area contributed by atoms with E-state index in [9.17, 15) is 4.79 Å². The number of hydrogen-bond acceptors (Lipinski definition) is 5. The second-order valence-corrected chi connectivity index (χ2v) is 7.27. The van der Waals surface area contributed by atoms with Gasteiger partial charge in [-0.3, -0.25) is 4.79 Å². The molecule has 0 N–H and O–H groups in total. The van der Waals surface area contributed by atoms with E-state index < -0.39 is 0 Å². The molecule has 0 saturated carbocycles. The van der Waals surface area contributed by atoms with E-state index in [0.717, 1.165) is 21.9 Å². The Labute approximate surface area is 162 Å². The Kier molecular flexibility index (Phi) is 5.11. The van der Waals surface area contributed by atoms with Crippen LogP contribution >= 0.6 is 11.8 Å². The van der Waals surface area contributed by atoms with Crippen LogP contribution in [0.15, 0.2) is 65.7 Å². The number of carbonyl (C=O) groups excluding carboxylic acids is 1. The summed E-state index contributed by atoms with van der Waals surface area (Å²) >= 11 is 1.64. The summed E-state index contributed by atoms with van der Waals surface area (Å²) in [6.07, 6.45) is 3.90. The van der Waals surface area contributed by atoms with Crippen molar-refractivity contribution in [1.82, 2.24) is 19.9 Å². The van der Waals surface area contributed by atoms with E-state index >= 15 is 0 Å². The molecule has 0 unspecified atom stereocenters. The maximum Gasteiger partial charge on any atom is 0.254 e. The van der Waals surface area contributed by atoms with Crippen LogP contribution in [0, 0.1) is 0 Å². The Morgan fingerprint density at radius 3 is 2.78 bits per heavy atom. The van der Waals surface area contributed by atoms with Crippen molar-refractivity contribution in [2.45, 2.75) is 17.5 Å². The Morgan fingerprint density at radius 2 is 2.00 bits per heavy atom. The molecule has 7 heteroatoms. The van der Waals surface area contributed by atoms with Crippen molar-refractivity contribution in [3.05, 3.63) is 72.1 Å². The van der Waals surface area contributed by atoms with Gasteiger partial charge in [-0.2, -0.15) is 0 Å². The highest BCUT2D eigenvalue weighted by Crippen LogP contribution is 2.24. The lowest BCUT2D eigenvalue weighted by Crippen LogP contribution is -2.50. The highest BCUT2D eigenvalue weighted by Gasteiger charge is 2.33. The van der Waals surface area contributed by atoms with Crippen molar-refractivity contribution in [3.8, 4) is 5.75 Å². The maximum atomic E-state index is 12.6. The average Bonchev–Trinajstić information content (AvgIpc) is 3.14. The lowest BCUT2D eigenvalue weighted by Gasteiger charge is -2.38. The van der Waals surface area contributed by atoms with E-state index in [2.05, 4.69) is 10.3 Å². The van der Waals surface area contributed by atoms with Crippen LogP contribution in [0.3, 0.4) is 0 Å². The second-order valence-electron chi connectivity index (χ2n) is 6.39. The Balaban J connectivity index is 1.32. The third kappa shape index (κ3) is 3.98. The predicted octanol–water partition coefficient (Wildman–Crippen LogP) is 3.28. The molecule has 1 saturated heterocycles. The second kappa shape index (κ2) is 7.84. The molecule has 138 valence electrons. The molecule has 1 aliphatic heterocycles. The zero-order valence-electron chi connectivity index (χ0n) is 15.0. The monoisotopic (exact) mass is 380 g/mol. The van der Waals surface area contributed by atoms with Gasteiger partial charge in [-0.05, 0) is 36.6 Å². The number of thioether (sulfide) groups is 1. The van der Waals surface area contributed by atoms with Crippen LogP contribution in [-0.2, 0) is 6.61 Å². The number of hydrogen-bond donors (Lipinski definition) is 0. The number of carbonyl (C=O) groups is 1. The smallest absolute Gasteiger partial charge is 0.254 e. The quantitative estimate of drug-likeness (QED) is 0.614. The minimum Gasteiger partial charge on any atom is -0.487 e. The predicted molar refractivity (Wildman–Crippen MR) is 104 cm³/mol. The van der Waals surface area contributed by atoms with Gasteiger partial charge < -0.3 is 9.64 Å². The van der Waals surface area contributed by atoms with E-state index in [-0.39, 0.29) is 11.9 Å². The fourth-order valence-corrected chi connectivity index (χ4v) is 3.42. The number of ether oxygens (including phenoxy) is 1. The van der Waals surface area contributed by atoms with Gasteiger partial charge in [0.15, 0.2) is 0 Å². The molecule has 6 nitrogen and oxygen atoms in total. The highest BCUT2D eigenvalue weighted by molar-refractivity contribution is 7.98. The van der Waals surface area contributed by atoms with Crippen molar-refractivity contribution in [2.75, 3.05) is 19.3 Å². The van der Waals surface area contributed by atoms with Gasteiger partial charge in [0.25, 0.3) is 5.91 Å². The Hall–Kier alpha value is -2.80. The number of nitrogens with zero attached hydrogens (tertiary/aromatic N) is 4. The van der Waals surface area contributed by atoms with Crippen LogP contribution in [0.4, 0.5) is 0 Å². The molecule has 3 aromatic rings. The molecule has 0 spiro atoms. The first kappa shape index (κ1) is 17.6. The van der Waals surface area contributed by atoms with Crippen molar-refractivity contribution in [2.24, 2.45) is 0 Å². The molecule has 1 fully saturated rings. The SMILES string of the molecule is CSc1cccc(C(=O)N2CC(n3cc(COc4ccccc4)nn3)C2)c1. The van der Waals surface area contributed by atoms with E-state index in [0.29, 0.717) is 19.7 Å². The van der Waals surface area contributed by atoms with Gasteiger partial charge >= 0.3 is 0 Å². The lowest BCUT2D eigenvalue weighted by molar-refractivity contribution is 0.0498. The molecule has 27 heavy (non-hydrogen) atoms. The lowest BCUT2D eigenvalue weighted by atomic mass is 10.1. The van der Waals surface area contributed by atoms with Gasteiger partial charge in [0.2, 0.25) is 0 Å². The number of benzene rings is 2. The number of likely N-dealkylation sites (tertiary alicyclic amines) is 1. The molecule has 0 atom stereocenters. The van der Waals surface area contributed by atoms with Gasteiger partial charge in [-0.15, -0.1) is 16.9 Å². The maximum absolute atomic E-state index is 12.6. The molecule has 1 aliphatic rings. The molecule has 1 aromatic heterocycles. The summed E-state index contributed by atoms with van der Waals surface area (Å²) < 4.78 is 7.52. The van der Waals surface area contributed by atoms with Crippen LogP contribution in [-0.4, -0.2) is 45.1 Å². The van der Waals surface area contributed by atoms with E-state index in [4.69, 9.17) is 4.74 Å². The van der Waals surface area contributed by atoms with Crippen molar-refractivity contribution < 1.29 is 9.53 Å². The van der Waals surface area contributed by atoms with Gasteiger partial charge in [0, 0.05) is 23.5 Å². The topological polar surface area (TPSA) is 60.2 Å². The van der Waals surface area contributed by atoms with Crippen molar-refractivity contribution >= 4 is 17.7 Å². The number of aromatic nitrogens is 3. The van der Waals surface area contributed by atoms with Gasteiger partial charge in [0.1, 0.15) is 18.1 Å². The molecule has 0 bridgehead atoms. The summed E-state index contributed by atoms with van der Waals surface area (Å²) in [6, 6.07) is 17.5. The summed E-state index contributed by atoms with van der Waals surface area (Å²) in [5, 5.41) is 8.36. The summed E-state index contributed by atoms with van der Waals surface area (Å²) in [7, 11) is 0. The standard InChI is InChI=1S/C20H20N4O2S/c1-27-19-9-5-6-15(10-19)20(25)23-12-17(13-23)24-11-16(21-22-24)14-26-18-7-3-2-4-8-18/h2-11,17H,12-14H2,1H3. The van der Waals surface area contributed by atoms with Crippen LogP contribution in [0.5, 0.6) is 5.75 Å². The first-order chi connectivity index (χ1) is 13.2. The summed E-state index contributed by atoms with van der Waals surface area (Å²) in [6.45, 7) is 1.66. The largest absolute Gasteiger partial charge is 0.487 e. The van der Waals surface area contributed by atoms with Gasteiger partial charge in [0.05, 0.1) is 12.2 Å². The summed E-state index contributed by atoms with van der Waals surface area (Å²) in [4.78, 5) is 15.5. The van der Waals surface area contributed by atoms with Crippen LogP contribution in [0.25, 0.3) is 0 Å². The van der Waals surface area contributed by atoms with E-state index in [1.807, 2.05) is 76.6 Å². The van der Waals surface area contributed by atoms with Crippen LogP contribution in [0.1, 0.15) is 22.1 Å². The van der Waals surface area contributed by atoms with E-state index in [1.165, 1.54) is 0 Å².